The third-order valence-electron chi connectivity index (χ3n) is 4.53. The molecule has 2 fully saturated rings. The quantitative estimate of drug-likeness (QED) is 0.766. The number of rotatable bonds is 5. The summed E-state index contributed by atoms with van der Waals surface area (Å²) < 4.78 is 5.42. The van der Waals surface area contributed by atoms with Gasteiger partial charge >= 0.3 is 0 Å². The van der Waals surface area contributed by atoms with Crippen molar-refractivity contribution in [3.8, 4) is 0 Å². The van der Waals surface area contributed by atoms with Crippen molar-refractivity contribution in [2.24, 2.45) is 11.1 Å². The molecular weight excluding hydrogens is 258 g/mol. The highest BCUT2D eigenvalue weighted by molar-refractivity contribution is 7.80. The Hall–Kier alpha value is -0.230. The minimum atomic E-state index is -0.0214. The lowest BCUT2D eigenvalue weighted by atomic mass is 9.89. The predicted molar refractivity (Wildman–Crippen MR) is 82.4 cm³/mol. The molecule has 2 saturated heterocycles. The Labute approximate surface area is 122 Å². The van der Waals surface area contributed by atoms with Crippen LogP contribution >= 0.6 is 12.2 Å². The smallest absolute Gasteiger partial charge is 0.0784 e. The Morgan fingerprint density at radius 1 is 1.32 bits per heavy atom. The maximum Gasteiger partial charge on any atom is 0.0784 e. The van der Waals surface area contributed by atoms with E-state index in [9.17, 15) is 0 Å². The fraction of sp³-hybridized carbons (Fsp3) is 0.929. The first-order valence-electron chi connectivity index (χ1n) is 7.33. The molecule has 0 aliphatic carbocycles. The Kier molecular flexibility index (Phi) is 5.17. The predicted octanol–water partition coefficient (Wildman–Crippen LogP) is 1.10. The fourth-order valence-corrected chi connectivity index (χ4v) is 2.92. The van der Waals surface area contributed by atoms with Crippen molar-refractivity contribution < 1.29 is 4.74 Å². The van der Waals surface area contributed by atoms with Crippen molar-refractivity contribution in [1.29, 1.82) is 0 Å². The summed E-state index contributed by atoms with van der Waals surface area (Å²) in [5.74, 6) is 0. The molecule has 0 saturated carbocycles. The maximum absolute atomic E-state index is 5.79. The molecule has 0 aromatic carbocycles. The molecule has 2 heterocycles. The van der Waals surface area contributed by atoms with Crippen LogP contribution in [0, 0.1) is 5.41 Å². The van der Waals surface area contributed by atoms with E-state index in [2.05, 4.69) is 23.6 Å². The minimum absolute atomic E-state index is 0.0214. The van der Waals surface area contributed by atoms with Gasteiger partial charge < -0.3 is 15.4 Å². The van der Waals surface area contributed by atoms with Crippen LogP contribution in [-0.4, -0.2) is 66.8 Å². The van der Waals surface area contributed by atoms with Gasteiger partial charge in [-0.1, -0.05) is 26.1 Å². The molecule has 0 amide bonds. The first-order valence-corrected chi connectivity index (χ1v) is 7.74. The van der Waals surface area contributed by atoms with Crippen LogP contribution in [0.5, 0.6) is 0 Å². The van der Waals surface area contributed by atoms with Crippen molar-refractivity contribution in [2.75, 3.05) is 45.9 Å². The summed E-state index contributed by atoms with van der Waals surface area (Å²) in [6, 6.07) is 0.719. The van der Waals surface area contributed by atoms with Crippen molar-refractivity contribution in [3.63, 3.8) is 0 Å². The fourth-order valence-electron chi connectivity index (χ4n) is 2.82. The van der Waals surface area contributed by atoms with Gasteiger partial charge in [0.1, 0.15) is 0 Å². The van der Waals surface area contributed by atoms with Gasteiger partial charge in [0.2, 0.25) is 0 Å². The minimum Gasteiger partial charge on any atom is -0.393 e. The summed E-state index contributed by atoms with van der Waals surface area (Å²) >= 11 is 5.13. The second kappa shape index (κ2) is 6.48. The monoisotopic (exact) mass is 285 g/mol. The molecule has 0 aromatic heterocycles. The number of ether oxygens (including phenoxy) is 1. The highest BCUT2D eigenvalue weighted by atomic mass is 32.1. The zero-order valence-corrected chi connectivity index (χ0v) is 13.0. The summed E-state index contributed by atoms with van der Waals surface area (Å²) in [5.41, 5.74) is 5.77. The topological polar surface area (TPSA) is 41.7 Å². The Balaban J connectivity index is 1.74. The molecule has 110 valence electrons. The molecular formula is C14H27N3OS. The van der Waals surface area contributed by atoms with E-state index in [-0.39, 0.29) is 5.41 Å². The molecule has 1 unspecified atom stereocenters. The van der Waals surface area contributed by atoms with Gasteiger partial charge in [-0.15, -0.1) is 0 Å². The highest BCUT2D eigenvalue weighted by Crippen LogP contribution is 2.23. The van der Waals surface area contributed by atoms with E-state index in [4.69, 9.17) is 22.7 Å². The van der Waals surface area contributed by atoms with Crippen LogP contribution in [0.15, 0.2) is 0 Å². The molecule has 0 radical (unpaired) electrons. The molecule has 2 rings (SSSR count). The van der Waals surface area contributed by atoms with Crippen molar-refractivity contribution >= 4 is 17.2 Å². The average Bonchev–Trinajstić information content (AvgIpc) is 2.86. The Bertz CT molecular complexity index is 316. The van der Waals surface area contributed by atoms with Gasteiger partial charge in [0, 0.05) is 31.1 Å². The van der Waals surface area contributed by atoms with E-state index in [0.717, 1.165) is 45.3 Å². The largest absolute Gasteiger partial charge is 0.393 e. The van der Waals surface area contributed by atoms with Crippen LogP contribution in [-0.2, 0) is 4.74 Å². The van der Waals surface area contributed by atoms with Gasteiger partial charge in [-0.25, -0.2) is 0 Å². The van der Waals surface area contributed by atoms with Gasteiger partial charge in [0.25, 0.3) is 0 Å². The number of nitrogens with zero attached hydrogens (tertiary/aromatic N) is 2. The summed E-state index contributed by atoms with van der Waals surface area (Å²) in [7, 11) is 0. The SMILES string of the molecule is CC(C)(CCN1CCC(N2CCOCC2)C1)C(N)=S. The van der Waals surface area contributed by atoms with Crippen molar-refractivity contribution in [2.45, 2.75) is 32.7 Å². The third-order valence-corrected chi connectivity index (χ3v) is 5.08. The molecule has 1 atom stereocenters. The summed E-state index contributed by atoms with van der Waals surface area (Å²) in [4.78, 5) is 5.78. The van der Waals surface area contributed by atoms with E-state index in [1.807, 2.05) is 0 Å². The molecule has 0 bridgehead atoms. The van der Waals surface area contributed by atoms with Crippen molar-refractivity contribution in [1.82, 2.24) is 9.80 Å². The Morgan fingerprint density at radius 2 is 2.00 bits per heavy atom. The van der Waals surface area contributed by atoms with Gasteiger partial charge in [-0.2, -0.15) is 0 Å². The zero-order chi connectivity index (χ0) is 13.9. The van der Waals surface area contributed by atoms with Gasteiger partial charge in [0.05, 0.1) is 18.2 Å². The molecule has 5 heteroatoms. The summed E-state index contributed by atoms with van der Waals surface area (Å²) in [6.45, 7) is 11.8. The van der Waals surface area contributed by atoms with E-state index < -0.39 is 0 Å². The number of hydrogen-bond donors (Lipinski definition) is 1. The number of hydrogen-bond acceptors (Lipinski definition) is 4. The van der Waals surface area contributed by atoms with E-state index in [1.54, 1.807) is 0 Å². The van der Waals surface area contributed by atoms with Crippen LogP contribution in [0.25, 0.3) is 0 Å². The third kappa shape index (κ3) is 4.12. The van der Waals surface area contributed by atoms with E-state index >= 15 is 0 Å². The van der Waals surface area contributed by atoms with Gasteiger partial charge in [-0.05, 0) is 25.9 Å². The summed E-state index contributed by atoms with van der Waals surface area (Å²) in [6.07, 6.45) is 2.34. The normalized spacial score (nSPS) is 26.7. The number of nitrogens with two attached hydrogens (primary N) is 1. The first kappa shape index (κ1) is 15.2. The molecule has 0 aromatic rings. The highest BCUT2D eigenvalue weighted by Gasteiger charge is 2.30. The zero-order valence-electron chi connectivity index (χ0n) is 12.2. The van der Waals surface area contributed by atoms with Crippen LogP contribution in [0.2, 0.25) is 0 Å². The first-order chi connectivity index (χ1) is 8.99. The summed E-state index contributed by atoms with van der Waals surface area (Å²) in [5, 5.41) is 0. The van der Waals surface area contributed by atoms with Gasteiger partial charge in [-0.3, -0.25) is 4.90 Å². The molecule has 2 N–H and O–H groups in total. The molecule has 0 spiro atoms. The molecule has 2 aliphatic heterocycles. The molecule has 4 nitrogen and oxygen atoms in total. The van der Waals surface area contributed by atoms with Crippen LogP contribution in [0.4, 0.5) is 0 Å². The lowest BCUT2D eigenvalue weighted by Crippen LogP contribution is -2.45. The standard InChI is InChI=1S/C14H27N3OS/c1-14(2,13(15)19)4-6-16-5-3-12(11-16)17-7-9-18-10-8-17/h12H,3-11H2,1-2H3,(H2,15,19). The van der Waals surface area contributed by atoms with Crippen LogP contribution in [0.1, 0.15) is 26.7 Å². The molecule has 19 heavy (non-hydrogen) atoms. The number of thiocarbonyl (C=S) groups is 1. The lowest BCUT2D eigenvalue weighted by molar-refractivity contribution is 0.0184. The van der Waals surface area contributed by atoms with Crippen LogP contribution in [0.3, 0.4) is 0 Å². The second-order valence-corrected chi connectivity index (χ2v) is 6.83. The molecule has 2 aliphatic rings. The number of morpholine rings is 1. The lowest BCUT2D eigenvalue weighted by Gasteiger charge is -2.32. The Morgan fingerprint density at radius 3 is 2.63 bits per heavy atom. The average molecular weight is 285 g/mol. The van der Waals surface area contributed by atoms with E-state index in [0.29, 0.717) is 4.99 Å². The van der Waals surface area contributed by atoms with Gasteiger partial charge in [0.15, 0.2) is 0 Å². The van der Waals surface area contributed by atoms with E-state index in [1.165, 1.54) is 19.5 Å². The van der Waals surface area contributed by atoms with Crippen LogP contribution < -0.4 is 5.73 Å². The van der Waals surface area contributed by atoms with Crippen molar-refractivity contribution in [3.05, 3.63) is 0 Å². The number of likely N-dealkylation sites (tertiary alicyclic amines) is 1. The second-order valence-electron chi connectivity index (χ2n) is 6.39. The maximum atomic E-state index is 5.79.